The molecule has 3 amide bonds. The summed E-state index contributed by atoms with van der Waals surface area (Å²) in [7, 11) is 0. The average Bonchev–Trinajstić information content (AvgIpc) is 2.60. The van der Waals surface area contributed by atoms with Crippen LogP contribution < -0.4 is 10.6 Å². The Labute approximate surface area is 186 Å². The van der Waals surface area contributed by atoms with Gasteiger partial charge in [-0.3, -0.25) is 0 Å². The van der Waals surface area contributed by atoms with Gasteiger partial charge in [0.1, 0.15) is 5.60 Å². The fourth-order valence-electron chi connectivity index (χ4n) is 2.99. The van der Waals surface area contributed by atoms with E-state index in [1.807, 2.05) is 0 Å². The number of anilines is 1. The van der Waals surface area contributed by atoms with E-state index < -0.39 is 35.2 Å². The van der Waals surface area contributed by atoms with Gasteiger partial charge in [0.2, 0.25) is 0 Å². The molecule has 2 rings (SSSR count). The predicted molar refractivity (Wildman–Crippen MR) is 112 cm³/mol. The summed E-state index contributed by atoms with van der Waals surface area (Å²) in [6, 6.07) is 1.51. The zero-order valence-electron chi connectivity index (χ0n) is 16.8. The first-order valence-electron chi connectivity index (χ1n) is 9.35. The highest BCUT2D eigenvalue weighted by molar-refractivity contribution is 9.10. The van der Waals surface area contributed by atoms with Gasteiger partial charge in [-0.05, 0) is 51.7 Å². The number of alkyl halides is 3. The first-order chi connectivity index (χ1) is 13.8. The first kappa shape index (κ1) is 24.6. The summed E-state index contributed by atoms with van der Waals surface area (Å²) in [6.07, 6.45) is -3.98. The number of ether oxygens (including phenoxy) is 1. The summed E-state index contributed by atoms with van der Waals surface area (Å²) in [5.41, 5.74) is -2.08. The van der Waals surface area contributed by atoms with Gasteiger partial charge in [0, 0.05) is 24.1 Å². The Morgan fingerprint density at radius 3 is 2.37 bits per heavy atom. The van der Waals surface area contributed by atoms with Crippen LogP contribution in [0.25, 0.3) is 0 Å². The molecule has 0 atom stereocenters. The number of carbonyl (C=O) groups is 2. The Kier molecular flexibility index (Phi) is 7.90. The molecule has 0 radical (unpaired) electrons. The lowest BCUT2D eigenvalue weighted by Crippen LogP contribution is -2.44. The monoisotopic (exact) mass is 513 g/mol. The zero-order chi connectivity index (χ0) is 22.7. The van der Waals surface area contributed by atoms with Gasteiger partial charge in [-0.1, -0.05) is 27.5 Å². The van der Waals surface area contributed by atoms with Crippen LogP contribution in [-0.2, 0) is 10.9 Å². The van der Waals surface area contributed by atoms with Gasteiger partial charge in [-0.15, -0.1) is 0 Å². The zero-order valence-corrected chi connectivity index (χ0v) is 19.2. The molecule has 11 heteroatoms. The summed E-state index contributed by atoms with van der Waals surface area (Å²) >= 11 is 8.93. The lowest BCUT2D eigenvalue weighted by Gasteiger charge is -2.32. The summed E-state index contributed by atoms with van der Waals surface area (Å²) < 4.78 is 45.3. The first-order valence-corrected chi connectivity index (χ1v) is 10.5. The Balaban J connectivity index is 1.92. The van der Waals surface area contributed by atoms with Crippen LogP contribution in [0.3, 0.4) is 0 Å². The molecule has 30 heavy (non-hydrogen) atoms. The Morgan fingerprint density at radius 1 is 1.23 bits per heavy atom. The predicted octanol–water partition coefficient (Wildman–Crippen LogP) is 5.89. The number of carbonyl (C=O) groups excluding carboxylic acids is 2. The third-order valence-electron chi connectivity index (χ3n) is 4.43. The highest BCUT2D eigenvalue weighted by atomic mass is 79.9. The van der Waals surface area contributed by atoms with Crippen molar-refractivity contribution in [1.29, 1.82) is 0 Å². The van der Waals surface area contributed by atoms with Crippen molar-refractivity contribution < 1.29 is 27.5 Å². The second-order valence-electron chi connectivity index (χ2n) is 8.05. The molecular weight excluding hydrogens is 491 g/mol. The van der Waals surface area contributed by atoms with E-state index >= 15 is 0 Å². The maximum atomic E-state index is 13.3. The van der Waals surface area contributed by atoms with Gasteiger partial charge < -0.3 is 20.3 Å². The van der Waals surface area contributed by atoms with Gasteiger partial charge >= 0.3 is 18.3 Å². The molecule has 168 valence electrons. The largest absolute Gasteiger partial charge is 0.444 e. The fourth-order valence-corrected chi connectivity index (χ4v) is 3.85. The number of hydrogen-bond donors (Lipinski definition) is 2. The second-order valence-corrected chi connectivity index (χ2v) is 9.37. The van der Waals surface area contributed by atoms with Gasteiger partial charge in [-0.2, -0.15) is 13.2 Å². The third-order valence-corrected chi connectivity index (χ3v) is 5.18. The SMILES string of the molecule is CC(C)(C)OC(=O)NCC1CCN(C(=O)Nc2c(Cl)cc(Br)cc2C(F)(F)F)CC1. The van der Waals surface area contributed by atoms with Crippen LogP contribution in [-0.4, -0.2) is 42.3 Å². The van der Waals surface area contributed by atoms with Crippen LogP contribution in [0.15, 0.2) is 16.6 Å². The van der Waals surface area contributed by atoms with Gasteiger partial charge in [-0.25, -0.2) is 9.59 Å². The average molecular weight is 515 g/mol. The van der Waals surface area contributed by atoms with Crippen molar-refractivity contribution in [1.82, 2.24) is 10.2 Å². The van der Waals surface area contributed by atoms with Crippen molar-refractivity contribution in [2.75, 3.05) is 25.0 Å². The molecule has 0 bridgehead atoms. The number of alkyl carbamates (subject to hydrolysis) is 1. The summed E-state index contributed by atoms with van der Waals surface area (Å²) in [6.45, 7) is 6.41. The third kappa shape index (κ3) is 7.23. The van der Waals surface area contributed by atoms with Crippen molar-refractivity contribution >= 4 is 45.3 Å². The van der Waals surface area contributed by atoms with Crippen molar-refractivity contribution in [3.05, 3.63) is 27.2 Å². The van der Waals surface area contributed by atoms with Crippen LogP contribution in [0.2, 0.25) is 5.02 Å². The van der Waals surface area contributed by atoms with E-state index in [0.29, 0.717) is 32.5 Å². The smallest absolute Gasteiger partial charge is 0.418 e. The Morgan fingerprint density at radius 2 is 1.83 bits per heavy atom. The quantitative estimate of drug-likeness (QED) is 0.528. The molecule has 0 aromatic heterocycles. The van der Waals surface area contributed by atoms with Crippen LogP contribution in [0.4, 0.5) is 28.4 Å². The normalized spacial score (nSPS) is 15.7. The number of halogens is 5. The topological polar surface area (TPSA) is 70.7 Å². The molecule has 6 nitrogen and oxygen atoms in total. The molecule has 0 spiro atoms. The van der Waals surface area contributed by atoms with E-state index in [4.69, 9.17) is 16.3 Å². The van der Waals surface area contributed by atoms with E-state index in [0.717, 1.165) is 6.07 Å². The summed E-state index contributed by atoms with van der Waals surface area (Å²) in [5, 5.41) is 4.79. The van der Waals surface area contributed by atoms with Crippen LogP contribution in [0, 0.1) is 5.92 Å². The lowest BCUT2D eigenvalue weighted by molar-refractivity contribution is -0.137. The molecule has 1 heterocycles. The van der Waals surface area contributed by atoms with Crippen LogP contribution in [0.1, 0.15) is 39.2 Å². The molecule has 1 aromatic rings. The molecular formula is C19H24BrClF3N3O3. The standard InChI is InChI=1S/C19H24BrClF3N3O3/c1-18(2,3)30-17(29)25-10-11-4-6-27(7-5-11)16(28)26-15-13(19(22,23)24)8-12(20)9-14(15)21/h8-9,11H,4-7,10H2,1-3H3,(H,25,29)(H,26,28). The number of piperidine rings is 1. The summed E-state index contributed by atoms with van der Waals surface area (Å²) in [4.78, 5) is 25.7. The highest BCUT2D eigenvalue weighted by Gasteiger charge is 2.36. The maximum absolute atomic E-state index is 13.3. The van der Waals surface area contributed by atoms with Crippen molar-refractivity contribution in [3.63, 3.8) is 0 Å². The van der Waals surface area contributed by atoms with Crippen LogP contribution in [0.5, 0.6) is 0 Å². The van der Waals surface area contributed by atoms with Crippen molar-refractivity contribution in [2.45, 2.75) is 45.4 Å². The second kappa shape index (κ2) is 9.64. The minimum atomic E-state index is -4.67. The minimum Gasteiger partial charge on any atom is -0.444 e. The molecule has 1 aliphatic heterocycles. The van der Waals surface area contributed by atoms with E-state index in [-0.39, 0.29) is 15.4 Å². The molecule has 1 aliphatic rings. The molecule has 0 saturated carbocycles. The van der Waals surface area contributed by atoms with Crippen molar-refractivity contribution in [2.24, 2.45) is 5.92 Å². The Bertz CT molecular complexity index is 792. The van der Waals surface area contributed by atoms with E-state index in [1.54, 1.807) is 20.8 Å². The Hall–Kier alpha value is -1.68. The van der Waals surface area contributed by atoms with E-state index in [2.05, 4.69) is 26.6 Å². The molecule has 0 unspecified atom stereocenters. The van der Waals surface area contributed by atoms with Gasteiger partial charge in [0.15, 0.2) is 0 Å². The van der Waals surface area contributed by atoms with Crippen molar-refractivity contribution in [3.8, 4) is 0 Å². The number of likely N-dealkylation sites (tertiary alicyclic amines) is 1. The number of amides is 3. The van der Waals surface area contributed by atoms with Gasteiger partial charge in [0.05, 0.1) is 16.3 Å². The number of urea groups is 1. The van der Waals surface area contributed by atoms with E-state index in [1.165, 1.54) is 11.0 Å². The lowest BCUT2D eigenvalue weighted by atomic mass is 9.97. The molecule has 1 saturated heterocycles. The number of benzene rings is 1. The number of nitrogens with zero attached hydrogens (tertiary/aromatic N) is 1. The van der Waals surface area contributed by atoms with Gasteiger partial charge in [0.25, 0.3) is 0 Å². The maximum Gasteiger partial charge on any atom is 0.418 e. The summed E-state index contributed by atoms with van der Waals surface area (Å²) in [5.74, 6) is 0.142. The molecule has 0 aliphatic carbocycles. The minimum absolute atomic E-state index is 0.142. The fraction of sp³-hybridized carbons (Fsp3) is 0.579. The molecule has 2 N–H and O–H groups in total. The molecule has 1 fully saturated rings. The van der Waals surface area contributed by atoms with E-state index in [9.17, 15) is 22.8 Å². The number of hydrogen-bond acceptors (Lipinski definition) is 3. The highest BCUT2D eigenvalue weighted by Crippen LogP contribution is 2.41. The number of rotatable bonds is 3. The van der Waals surface area contributed by atoms with Crippen LogP contribution >= 0.6 is 27.5 Å². The molecule has 1 aromatic carbocycles. The number of nitrogens with one attached hydrogen (secondary N) is 2.